The van der Waals surface area contributed by atoms with Crippen LogP contribution in [-0.4, -0.2) is 15.7 Å². The molecule has 0 aliphatic carbocycles. The average molecular weight is 262 g/mol. The molecule has 5 nitrogen and oxygen atoms in total. The number of anilines is 1. The highest BCUT2D eigenvalue weighted by atomic mass is 19.1. The second kappa shape index (κ2) is 5.09. The molecule has 6 heteroatoms. The largest absolute Gasteiger partial charge is 0.398 e. The zero-order chi connectivity index (χ0) is 14.0. The number of nitrogens with two attached hydrogens (primary N) is 1. The minimum absolute atomic E-state index is 0.125. The third kappa shape index (κ3) is 2.73. The summed E-state index contributed by atoms with van der Waals surface area (Å²) in [4.78, 5) is 11.9. The standard InChI is InChI=1S/C13H15FN4O/c1-8-9(7-17-18(8)2)6-16-13(19)11-4-3-10(14)5-12(11)15/h3-5,7H,6,15H2,1-2H3,(H,16,19). The van der Waals surface area contributed by atoms with Crippen molar-refractivity contribution in [1.29, 1.82) is 0 Å². The average Bonchev–Trinajstić information content (AvgIpc) is 2.67. The Labute approximate surface area is 110 Å². The highest BCUT2D eigenvalue weighted by molar-refractivity contribution is 5.99. The molecule has 0 atom stereocenters. The number of nitrogens with one attached hydrogen (secondary N) is 1. The molecule has 2 rings (SSSR count). The number of carbonyl (C=O) groups is 1. The number of carbonyl (C=O) groups excluding carboxylic acids is 1. The number of halogens is 1. The van der Waals surface area contributed by atoms with Crippen LogP contribution in [0.25, 0.3) is 0 Å². The Morgan fingerprint density at radius 3 is 2.84 bits per heavy atom. The van der Waals surface area contributed by atoms with E-state index >= 15 is 0 Å². The van der Waals surface area contributed by atoms with E-state index in [9.17, 15) is 9.18 Å². The summed E-state index contributed by atoms with van der Waals surface area (Å²) in [6, 6.07) is 3.71. The van der Waals surface area contributed by atoms with Crippen molar-refractivity contribution in [1.82, 2.24) is 15.1 Å². The van der Waals surface area contributed by atoms with E-state index in [1.54, 1.807) is 10.9 Å². The zero-order valence-electron chi connectivity index (χ0n) is 10.8. The van der Waals surface area contributed by atoms with E-state index in [4.69, 9.17) is 5.73 Å². The van der Waals surface area contributed by atoms with Gasteiger partial charge < -0.3 is 11.1 Å². The van der Waals surface area contributed by atoms with Crippen LogP contribution < -0.4 is 11.1 Å². The molecule has 0 saturated carbocycles. The highest BCUT2D eigenvalue weighted by Crippen LogP contribution is 2.13. The summed E-state index contributed by atoms with van der Waals surface area (Å²) in [7, 11) is 1.83. The highest BCUT2D eigenvalue weighted by Gasteiger charge is 2.11. The van der Waals surface area contributed by atoms with Gasteiger partial charge >= 0.3 is 0 Å². The lowest BCUT2D eigenvalue weighted by atomic mass is 10.1. The lowest BCUT2D eigenvalue weighted by Crippen LogP contribution is -2.24. The predicted octanol–water partition coefficient (Wildman–Crippen LogP) is 1.38. The summed E-state index contributed by atoms with van der Waals surface area (Å²) in [6.45, 7) is 2.27. The third-order valence-electron chi connectivity index (χ3n) is 3.03. The van der Waals surface area contributed by atoms with Crippen LogP contribution in [0.2, 0.25) is 0 Å². The SMILES string of the molecule is Cc1c(CNC(=O)c2ccc(F)cc2N)cnn1C. The molecule has 19 heavy (non-hydrogen) atoms. The maximum absolute atomic E-state index is 12.9. The first kappa shape index (κ1) is 13.1. The number of rotatable bonds is 3. The Morgan fingerprint density at radius 1 is 1.53 bits per heavy atom. The molecule has 0 aliphatic rings. The quantitative estimate of drug-likeness (QED) is 0.821. The Hall–Kier alpha value is -2.37. The van der Waals surface area contributed by atoms with E-state index in [0.717, 1.165) is 17.3 Å². The van der Waals surface area contributed by atoms with Gasteiger partial charge in [0, 0.05) is 30.5 Å². The zero-order valence-corrected chi connectivity index (χ0v) is 10.8. The van der Waals surface area contributed by atoms with E-state index in [2.05, 4.69) is 10.4 Å². The number of hydrogen-bond acceptors (Lipinski definition) is 3. The molecular formula is C13H15FN4O. The monoisotopic (exact) mass is 262 g/mol. The van der Waals surface area contributed by atoms with Gasteiger partial charge in [-0.3, -0.25) is 9.48 Å². The summed E-state index contributed by atoms with van der Waals surface area (Å²) in [6.07, 6.45) is 1.70. The molecular weight excluding hydrogens is 247 g/mol. The molecule has 2 aromatic rings. The molecule has 1 aromatic carbocycles. The number of nitrogens with zero attached hydrogens (tertiary/aromatic N) is 2. The lowest BCUT2D eigenvalue weighted by molar-refractivity contribution is 0.0951. The van der Waals surface area contributed by atoms with E-state index in [0.29, 0.717) is 6.54 Å². The minimum atomic E-state index is -0.461. The first-order valence-electron chi connectivity index (χ1n) is 5.79. The molecule has 0 fully saturated rings. The summed E-state index contributed by atoms with van der Waals surface area (Å²) in [5.41, 5.74) is 7.91. The summed E-state index contributed by atoms with van der Waals surface area (Å²) >= 11 is 0. The van der Waals surface area contributed by atoms with Gasteiger partial charge in [-0.1, -0.05) is 0 Å². The van der Waals surface area contributed by atoms with Crippen LogP contribution in [-0.2, 0) is 13.6 Å². The van der Waals surface area contributed by atoms with Crippen molar-refractivity contribution in [3.05, 3.63) is 47.0 Å². The molecule has 1 heterocycles. The topological polar surface area (TPSA) is 72.9 Å². The van der Waals surface area contributed by atoms with Crippen molar-refractivity contribution in [2.24, 2.45) is 7.05 Å². The van der Waals surface area contributed by atoms with E-state index < -0.39 is 5.82 Å². The predicted molar refractivity (Wildman–Crippen MR) is 69.9 cm³/mol. The molecule has 100 valence electrons. The van der Waals surface area contributed by atoms with Gasteiger partial charge in [0.05, 0.1) is 11.8 Å². The molecule has 1 aromatic heterocycles. The van der Waals surface area contributed by atoms with Crippen LogP contribution in [0.3, 0.4) is 0 Å². The van der Waals surface area contributed by atoms with Gasteiger partial charge in [0.15, 0.2) is 0 Å². The van der Waals surface area contributed by atoms with Crippen LogP contribution in [0.5, 0.6) is 0 Å². The van der Waals surface area contributed by atoms with Crippen LogP contribution in [0.4, 0.5) is 10.1 Å². The van der Waals surface area contributed by atoms with Gasteiger partial charge in [-0.15, -0.1) is 0 Å². The van der Waals surface area contributed by atoms with Crippen LogP contribution in [0, 0.1) is 12.7 Å². The van der Waals surface area contributed by atoms with E-state index in [1.165, 1.54) is 12.1 Å². The van der Waals surface area contributed by atoms with Gasteiger partial charge in [0.2, 0.25) is 0 Å². The second-order valence-electron chi connectivity index (χ2n) is 4.29. The van der Waals surface area contributed by atoms with E-state index in [-0.39, 0.29) is 17.2 Å². The van der Waals surface area contributed by atoms with Crippen LogP contribution in [0.1, 0.15) is 21.6 Å². The van der Waals surface area contributed by atoms with Crippen molar-refractivity contribution in [3.63, 3.8) is 0 Å². The number of aryl methyl sites for hydroxylation is 1. The van der Waals surface area contributed by atoms with Crippen molar-refractivity contribution >= 4 is 11.6 Å². The van der Waals surface area contributed by atoms with Gasteiger partial charge in [-0.25, -0.2) is 4.39 Å². The normalized spacial score (nSPS) is 10.5. The number of amides is 1. The summed E-state index contributed by atoms with van der Waals surface area (Å²) in [5, 5.41) is 6.82. The number of benzene rings is 1. The Balaban J connectivity index is 2.07. The third-order valence-corrected chi connectivity index (χ3v) is 3.03. The molecule has 1 amide bonds. The van der Waals surface area contributed by atoms with Crippen molar-refractivity contribution in [3.8, 4) is 0 Å². The fraction of sp³-hybridized carbons (Fsp3) is 0.231. The van der Waals surface area contributed by atoms with Crippen LogP contribution >= 0.6 is 0 Å². The van der Waals surface area contributed by atoms with Gasteiger partial charge in [0.25, 0.3) is 5.91 Å². The minimum Gasteiger partial charge on any atom is -0.398 e. The Morgan fingerprint density at radius 2 is 2.26 bits per heavy atom. The smallest absolute Gasteiger partial charge is 0.253 e. The first-order chi connectivity index (χ1) is 8.99. The molecule has 0 saturated heterocycles. The van der Waals surface area contributed by atoms with Crippen molar-refractivity contribution < 1.29 is 9.18 Å². The number of nitrogen functional groups attached to an aromatic ring is 1. The van der Waals surface area contributed by atoms with Gasteiger partial charge in [0.1, 0.15) is 5.82 Å². The fourth-order valence-electron chi connectivity index (χ4n) is 1.73. The fourth-order valence-corrected chi connectivity index (χ4v) is 1.73. The maximum Gasteiger partial charge on any atom is 0.253 e. The Bertz CT molecular complexity index is 621. The first-order valence-corrected chi connectivity index (χ1v) is 5.79. The van der Waals surface area contributed by atoms with Gasteiger partial charge in [-0.2, -0.15) is 5.10 Å². The molecule has 0 bridgehead atoms. The molecule has 3 N–H and O–H groups in total. The molecule has 0 spiro atoms. The van der Waals surface area contributed by atoms with E-state index in [1.807, 2.05) is 14.0 Å². The molecule has 0 aliphatic heterocycles. The molecule has 0 unspecified atom stereocenters. The summed E-state index contributed by atoms with van der Waals surface area (Å²) < 4.78 is 14.6. The van der Waals surface area contributed by atoms with Crippen LogP contribution in [0.15, 0.2) is 24.4 Å². The number of aromatic nitrogens is 2. The van der Waals surface area contributed by atoms with Gasteiger partial charge in [-0.05, 0) is 25.1 Å². The lowest BCUT2D eigenvalue weighted by Gasteiger charge is -2.07. The summed E-state index contributed by atoms with van der Waals surface area (Å²) in [5.74, 6) is -0.794. The molecule has 0 radical (unpaired) electrons. The Kier molecular flexibility index (Phi) is 3.50. The second-order valence-corrected chi connectivity index (χ2v) is 4.29. The maximum atomic E-state index is 12.9. The number of hydrogen-bond donors (Lipinski definition) is 2. The van der Waals surface area contributed by atoms with Crippen molar-refractivity contribution in [2.75, 3.05) is 5.73 Å². The van der Waals surface area contributed by atoms with Crippen molar-refractivity contribution in [2.45, 2.75) is 13.5 Å².